The number of aromatic amines is 3. The van der Waals surface area contributed by atoms with E-state index in [9.17, 15) is 4.79 Å². The van der Waals surface area contributed by atoms with Gasteiger partial charge in [-0.1, -0.05) is 23.7 Å². The molecule has 3 aromatic rings. The van der Waals surface area contributed by atoms with E-state index in [0.717, 1.165) is 5.56 Å². The van der Waals surface area contributed by atoms with Gasteiger partial charge in [0, 0.05) is 10.6 Å². The van der Waals surface area contributed by atoms with Crippen molar-refractivity contribution in [3.05, 3.63) is 45.7 Å². The molecule has 0 aliphatic rings. The Bertz CT molecular complexity index is 768. The van der Waals surface area contributed by atoms with E-state index in [-0.39, 0.29) is 11.4 Å². The first kappa shape index (κ1) is 11.6. The quantitative estimate of drug-likeness (QED) is 0.575. The SMILES string of the molecule is Nc1[nH][nH]c(=O)c1-c1cc(-c2ccc(Cl)cc2)n[nH]1. The van der Waals surface area contributed by atoms with Gasteiger partial charge in [-0.25, -0.2) is 0 Å². The molecule has 6 nitrogen and oxygen atoms in total. The second kappa shape index (κ2) is 4.33. The van der Waals surface area contributed by atoms with Crippen molar-refractivity contribution >= 4 is 17.4 Å². The van der Waals surface area contributed by atoms with Crippen molar-refractivity contribution in [2.24, 2.45) is 0 Å². The standard InChI is InChI=1S/C12H10ClN5O/c13-7-3-1-6(2-4-7)8-5-9(16-15-8)10-11(14)17-18-12(10)19/h1-5H,(H,15,16)(H4,14,17,18,19). The van der Waals surface area contributed by atoms with Crippen molar-refractivity contribution in [3.8, 4) is 22.5 Å². The minimum absolute atomic E-state index is 0.274. The predicted molar refractivity (Wildman–Crippen MR) is 73.9 cm³/mol. The van der Waals surface area contributed by atoms with E-state index in [4.69, 9.17) is 17.3 Å². The number of hydrogen-bond donors (Lipinski definition) is 4. The van der Waals surface area contributed by atoms with Crippen LogP contribution in [0.5, 0.6) is 0 Å². The Kier molecular flexibility index (Phi) is 2.64. The molecule has 2 heterocycles. The summed E-state index contributed by atoms with van der Waals surface area (Å²) >= 11 is 5.83. The molecule has 0 spiro atoms. The fourth-order valence-electron chi connectivity index (χ4n) is 1.86. The highest BCUT2D eigenvalue weighted by molar-refractivity contribution is 6.30. The van der Waals surface area contributed by atoms with E-state index >= 15 is 0 Å². The molecule has 96 valence electrons. The number of H-pyrrole nitrogens is 3. The van der Waals surface area contributed by atoms with Crippen molar-refractivity contribution in [2.75, 3.05) is 5.73 Å². The van der Waals surface area contributed by atoms with Gasteiger partial charge in [-0.2, -0.15) is 5.10 Å². The third-order valence-corrected chi connectivity index (χ3v) is 3.05. The lowest BCUT2D eigenvalue weighted by atomic mass is 10.1. The Morgan fingerprint density at radius 3 is 2.53 bits per heavy atom. The van der Waals surface area contributed by atoms with Crippen LogP contribution in [0.4, 0.5) is 5.82 Å². The number of nitrogens with one attached hydrogen (secondary N) is 3. The highest BCUT2D eigenvalue weighted by Crippen LogP contribution is 2.25. The molecule has 0 bridgehead atoms. The van der Waals surface area contributed by atoms with Crippen LogP contribution in [0.1, 0.15) is 0 Å². The van der Waals surface area contributed by atoms with Crippen LogP contribution in [-0.4, -0.2) is 20.4 Å². The number of nitrogens with two attached hydrogens (primary N) is 1. The van der Waals surface area contributed by atoms with Gasteiger partial charge < -0.3 is 5.73 Å². The molecule has 7 heteroatoms. The van der Waals surface area contributed by atoms with Gasteiger partial charge in [0.15, 0.2) is 0 Å². The summed E-state index contributed by atoms with van der Waals surface area (Å²) in [6.45, 7) is 0. The molecule has 5 N–H and O–H groups in total. The molecular formula is C12H10ClN5O. The first-order valence-electron chi connectivity index (χ1n) is 5.53. The maximum absolute atomic E-state index is 11.6. The molecule has 0 radical (unpaired) electrons. The molecule has 0 amide bonds. The first-order valence-corrected chi connectivity index (χ1v) is 5.91. The molecule has 3 rings (SSSR count). The molecule has 0 fully saturated rings. The van der Waals surface area contributed by atoms with Crippen molar-refractivity contribution in [3.63, 3.8) is 0 Å². The lowest BCUT2D eigenvalue weighted by Crippen LogP contribution is -2.02. The maximum atomic E-state index is 11.6. The van der Waals surface area contributed by atoms with Gasteiger partial charge in [-0.3, -0.25) is 20.1 Å². The van der Waals surface area contributed by atoms with E-state index < -0.39 is 0 Å². The highest BCUT2D eigenvalue weighted by Gasteiger charge is 2.13. The molecule has 0 aliphatic heterocycles. The summed E-state index contributed by atoms with van der Waals surface area (Å²) in [5.74, 6) is 0.274. The fourth-order valence-corrected chi connectivity index (χ4v) is 1.98. The summed E-state index contributed by atoms with van der Waals surface area (Å²) in [6.07, 6.45) is 0. The lowest BCUT2D eigenvalue weighted by molar-refractivity contribution is 1.06. The van der Waals surface area contributed by atoms with Crippen molar-refractivity contribution in [2.45, 2.75) is 0 Å². The van der Waals surface area contributed by atoms with Gasteiger partial charge in [0.2, 0.25) is 0 Å². The minimum atomic E-state index is -0.288. The van der Waals surface area contributed by atoms with Crippen LogP contribution in [0.3, 0.4) is 0 Å². The lowest BCUT2D eigenvalue weighted by Gasteiger charge is -1.95. The molecule has 0 aliphatic carbocycles. The number of nitrogens with zero attached hydrogens (tertiary/aromatic N) is 1. The van der Waals surface area contributed by atoms with Crippen LogP contribution < -0.4 is 11.3 Å². The van der Waals surface area contributed by atoms with E-state index in [1.54, 1.807) is 18.2 Å². The number of rotatable bonds is 2. The minimum Gasteiger partial charge on any atom is -0.383 e. The summed E-state index contributed by atoms with van der Waals surface area (Å²) in [6, 6.07) is 9.03. The molecule has 0 saturated heterocycles. The summed E-state index contributed by atoms with van der Waals surface area (Å²) in [5.41, 5.74) is 7.93. The van der Waals surface area contributed by atoms with Crippen molar-refractivity contribution in [1.29, 1.82) is 0 Å². The van der Waals surface area contributed by atoms with Crippen molar-refractivity contribution in [1.82, 2.24) is 20.4 Å². The Labute approximate surface area is 112 Å². The average molecular weight is 276 g/mol. The zero-order valence-corrected chi connectivity index (χ0v) is 10.5. The second-order valence-electron chi connectivity index (χ2n) is 4.04. The first-order chi connectivity index (χ1) is 9.15. The molecule has 0 unspecified atom stereocenters. The monoisotopic (exact) mass is 275 g/mol. The Morgan fingerprint density at radius 1 is 1.16 bits per heavy atom. The number of halogens is 1. The topological polar surface area (TPSA) is 103 Å². The Hall–Kier alpha value is -2.47. The normalized spacial score (nSPS) is 10.8. The number of nitrogen functional groups attached to an aromatic ring is 1. The third kappa shape index (κ3) is 2.02. The number of anilines is 1. The van der Waals surface area contributed by atoms with E-state index in [1.807, 2.05) is 12.1 Å². The van der Waals surface area contributed by atoms with Crippen LogP contribution >= 0.6 is 11.6 Å². The Morgan fingerprint density at radius 2 is 1.89 bits per heavy atom. The second-order valence-corrected chi connectivity index (χ2v) is 4.48. The molecule has 0 saturated carbocycles. The summed E-state index contributed by atoms with van der Waals surface area (Å²) in [5, 5.41) is 12.6. The van der Waals surface area contributed by atoms with Crippen LogP contribution in [0, 0.1) is 0 Å². The van der Waals surface area contributed by atoms with Gasteiger partial charge in [-0.15, -0.1) is 0 Å². The smallest absolute Gasteiger partial charge is 0.275 e. The Balaban J connectivity index is 2.05. The van der Waals surface area contributed by atoms with Gasteiger partial charge in [0.25, 0.3) is 5.56 Å². The van der Waals surface area contributed by atoms with Crippen LogP contribution in [-0.2, 0) is 0 Å². The maximum Gasteiger partial charge on any atom is 0.275 e. The third-order valence-electron chi connectivity index (χ3n) is 2.79. The zero-order chi connectivity index (χ0) is 13.4. The zero-order valence-electron chi connectivity index (χ0n) is 9.70. The van der Waals surface area contributed by atoms with Crippen LogP contribution in [0.25, 0.3) is 22.5 Å². The average Bonchev–Trinajstić information content (AvgIpc) is 2.98. The number of benzene rings is 1. The highest BCUT2D eigenvalue weighted by atomic mass is 35.5. The fraction of sp³-hybridized carbons (Fsp3) is 0. The van der Waals surface area contributed by atoms with Crippen LogP contribution in [0.2, 0.25) is 5.02 Å². The molecule has 1 aromatic carbocycles. The van der Waals surface area contributed by atoms with Gasteiger partial charge in [-0.05, 0) is 18.2 Å². The van der Waals surface area contributed by atoms with Gasteiger partial charge in [0.1, 0.15) is 11.4 Å². The van der Waals surface area contributed by atoms with E-state index in [2.05, 4.69) is 20.4 Å². The largest absolute Gasteiger partial charge is 0.383 e. The van der Waals surface area contributed by atoms with E-state index in [0.29, 0.717) is 22.0 Å². The van der Waals surface area contributed by atoms with Gasteiger partial charge >= 0.3 is 0 Å². The summed E-state index contributed by atoms with van der Waals surface area (Å²) < 4.78 is 0. The molecule has 0 atom stereocenters. The molecular weight excluding hydrogens is 266 g/mol. The number of hydrogen-bond acceptors (Lipinski definition) is 3. The van der Waals surface area contributed by atoms with Gasteiger partial charge in [0.05, 0.1) is 11.4 Å². The number of aromatic nitrogens is 4. The summed E-state index contributed by atoms with van der Waals surface area (Å²) in [7, 11) is 0. The predicted octanol–water partition coefficient (Wildman–Crippen LogP) is 2.00. The molecule has 19 heavy (non-hydrogen) atoms. The molecule has 2 aromatic heterocycles. The van der Waals surface area contributed by atoms with Crippen molar-refractivity contribution < 1.29 is 0 Å². The van der Waals surface area contributed by atoms with Crippen LogP contribution in [0.15, 0.2) is 35.1 Å². The van der Waals surface area contributed by atoms with E-state index in [1.165, 1.54) is 0 Å². The summed E-state index contributed by atoms with van der Waals surface area (Å²) in [4.78, 5) is 11.6.